The molecule has 1 unspecified atom stereocenters. The van der Waals surface area contributed by atoms with E-state index in [1.165, 1.54) is 37.2 Å². The van der Waals surface area contributed by atoms with Crippen LogP contribution in [0.15, 0.2) is 41.0 Å². The molecule has 13 heteroatoms. The Morgan fingerprint density at radius 1 is 1.26 bits per heavy atom. The summed E-state index contributed by atoms with van der Waals surface area (Å²) in [6.45, 7) is 0.0596. The Morgan fingerprint density at radius 3 is 2.64 bits per heavy atom. The number of quaternary nitrogens is 1. The van der Waals surface area contributed by atoms with Gasteiger partial charge in [0.25, 0.3) is 5.91 Å². The highest BCUT2D eigenvalue weighted by Gasteiger charge is 2.21. The molecule has 0 aromatic heterocycles. The number of anilines is 2. The third-order valence-corrected chi connectivity index (χ3v) is 7.14. The van der Waals surface area contributed by atoms with E-state index in [1.54, 1.807) is 6.07 Å². The van der Waals surface area contributed by atoms with Crippen molar-refractivity contribution in [3.8, 4) is 12.3 Å². The Labute approximate surface area is 247 Å². The van der Waals surface area contributed by atoms with Gasteiger partial charge in [0.05, 0.1) is 30.5 Å². The lowest BCUT2D eigenvalue weighted by Crippen LogP contribution is -2.37. The van der Waals surface area contributed by atoms with E-state index in [9.17, 15) is 28.0 Å². The van der Waals surface area contributed by atoms with Crippen LogP contribution in [0.3, 0.4) is 0 Å². The number of hydrogen-bond donors (Lipinski definition) is 2. The molecule has 0 saturated carbocycles. The minimum Gasteiger partial charge on any atom is -0.627 e. The molecule has 0 aliphatic carbocycles. The van der Waals surface area contributed by atoms with Crippen molar-refractivity contribution >= 4 is 61.9 Å². The van der Waals surface area contributed by atoms with Crippen LogP contribution in [0.2, 0.25) is 0 Å². The van der Waals surface area contributed by atoms with E-state index in [0.29, 0.717) is 16.4 Å². The molecule has 0 spiro atoms. The first kappa shape index (κ1) is 32.4. The molecule has 0 aliphatic heterocycles. The minimum atomic E-state index is -1.34. The smallest absolute Gasteiger partial charge is 0.409 e. The standard InChI is InChI=1S/C26H27BrF3IN4O4/c1-4-5-6-14-35(3,38)22(27)11-15-39-26(37)34(2)13-12-32-25(36)18-8-9-19(28)23(30)24(18)33-21-10-7-17(31)16-20(21)29/h1,7-11,16,33H,5-6,12-15H2,2-3H3,(H,32,36). The van der Waals surface area contributed by atoms with E-state index in [0.717, 1.165) is 12.1 Å². The van der Waals surface area contributed by atoms with Gasteiger partial charge in [-0.3, -0.25) is 4.79 Å². The second-order valence-electron chi connectivity index (χ2n) is 8.45. The highest BCUT2D eigenvalue weighted by Crippen LogP contribution is 2.28. The predicted molar refractivity (Wildman–Crippen MR) is 155 cm³/mol. The number of ether oxygens (including phenoxy) is 1. The Morgan fingerprint density at radius 2 is 1.97 bits per heavy atom. The van der Waals surface area contributed by atoms with Crippen LogP contribution in [-0.4, -0.2) is 61.9 Å². The van der Waals surface area contributed by atoms with Crippen LogP contribution >= 0.6 is 38.5 Å². The number of carbonyl (C=O) groups is 2. The molecule has 0 heterocycles. The average molecular weight is 723 g/mol. The lowest BCUT2D eigenvalue weighted by molar-refractivity contribution is -0.812. The van der Waals surface area contributed by atoms with Crippen molar-refractivity contribution in [2.24, 2.45) is 0 Å². The fraction of sp³-hybridized carbons (Fsp3) is 0.308. The first-order chi connectivity index (χ1) is 18.4. The van der Waals surface area contributed by atoms with Crippen LogP contribution in [-0.2, 0) is 4.74 Å². The van der Waals surface area contributed by atoms with E-state index >= 15 is 0 Å². The van der Waals surface area contributed by atoms with Gasteiger partial charge in [-0.05, 0) is 52.9 Å². The van der Waals surface area contributed by atoms with Crippen molar-refractivity contribution in [3.05, 3.63) is 72.8 Å². The number of halogens is 5. The fourth-order valence-electron chi connectivity index (χ4n) is 3.19. The number of amides is 2. The maximum atomic E-state index is 14.6. The SMILES string of the molecule is C#CCCC[N+](C)([O-])C(Br)=CCOC(=O)N(C)CCNC(=O)c1ccc(F)c(F)c1Nc1ccc(I)cc1F. The molecule has 8 nitrogen and oxygen atoms in total. The highest BCUT2D eigenvalue weighted by atomic mass is 127. The topological polar surface area (TPSA) is 93.7 Å². The molecule has 0 bridgehead atoms. The molecule has 210 valence electrons. The summed E-state index contributed by atoms with van der Waals surface area (Å²) in [6, 6.07) is 5.95. The first-order valence-electron chi connectivity index (χ1n) is 11.6. The monoisotopic (exact) mass is 722 g/mol. The van der Waals surface area contributed by atoms with Crippen LogP contribution in [0, 0.1) is 38.6 Å². The van der Waals surface area contributed by atoms with Crippen molar-refractivity contribution in [1.29, 1.82) is 0 Å². The lowest BCUT2D eigenvalue weighted by atomic mass is 10.1. The van der Waals surface area contributed by atoms with Gasteiger partial charge in [-0.2, -0.15) is 0 Å². The van der Waals surface area contributed by atoms with E-state index in [1.807, 2.05) is 22.6 Å². The van der Waals surface area contributed by atoms with E-state index in [-0.39, 0.29) is 42.1 Å². The van der Waals surface area contributed by atoms with Gasteiger partial charge < -0.3 is 30.1 Å². The van der Waals surface area contributed by atoms with Crippen molar-refractivity contribution in [3.63, 3.8) is 0 Å². The van der Waals surface area contributed by atoms with E-state index in [4.69, 9.17) is 11.2 Å². The number of carbonyl (C=O) groups excluding carboxylic acids is 2. The van der Waals surface area contributed by atoms with Gasteiger partial charge in [0.15, 0.2) is 16.2 Å². The summed E-state index contributed by atoms with van der Waals surface area (Å²) in [4.78, 5) is 26.1. The second kappa shape index (κ2) is 15.1. The van der Waals surface area contributed by atoms with Crippen LogP contribution in [0.25, 0.3) is 0 Å². The Balaban J connectivity index is 1.94. The molecular weight excluding hydrogens is 696 g/mol. The summed E-state index contributed by atoms with van der Waals surface area (Å²) < 4.78 is 48.0. The number of terminal acetylenes is 1. The average Bonchev–Trinajstić information content (AvgIpc) is 2.87. The first-order valence-corrected chi connectivity index (χ1v) is 13.5. The van der Waals surface area contributed by atoms with Crippen molar-refractivity contribution in [1.82, 2.24) is 10.2 Å². The highest BCUT2D eigenvalue weighted by molar-refractivity contribution is 14.1. The normalized spacial score (nSPS) is 12.7. The maximum absolute atomic E-state index is 14.6. The largest absolute Gasteiger partial charge is 0.627 e. The van der Waals surface area contributed by atoms with Gasteiger partial charge >= 0.3 is 6.09 Å². The summed E-state index contributed by atoms with van der Waals surface area (Å²) in [6.07, 6.45) is 6.94. The Kier molecular flexibility index (Phi) is 12.6. The third kappa shape index (κ3) is 9.71. The zero-order valence-corrected chi connectivity index (χ0v) is 24.9. The second-order valence-corrected chi connectivity index (χ2v) is 10.5. The third-order valence-electron chi connectivity index (χ3n) is 5.39. The lowest BCUT2D eigenvalue weighted by Gasteiger charge is -2.37. The Hall–Kier alpha value is -2.80. The van der Waals surface area contributed by atoms with Gasteiger partial charge in [0.1, 0.15) is 12.4 Å². The van der Waals surface area contributed by atoms with E-state index in [2.05, 4.69) is 32.5 Å². The summed E-state index contributed by atoms with van der Waals surface area (Å²) >= 11 is 5.10. The molecule has 2 aromatic rings. The molecule has 0 fully saturated rings. The van der Waals surface area contributed by atoms with Gasteiger partial charge in [-0.25, -0.2) is 18.0 Å². The minimum absolute atomic E-state index is 0.0229. The maximum Gasteiger partial charge on any atom is 0.409 e. The van der Waals surface area contributed by atoms with Gasteiger partial charge in [-0.1, -0.05) is 0 Å². The molecule has 2 amide bonds. The number of benzene rings is 2. The Bertz CT molecular complexity index is 1270. The zero-order chi connectivity index (χ0) is 29.2. The van der Waals surface area contributed by atoms with Crippen LogP contribution in [0.1, 0.15) is 23.2 Å². The van der Waals surface area contributed by atoms with Gasteiger partial charge in [0.2, 0.25) is 0 Å². The van der Waals surface area contributed by atoms with Crippen molar-refractivity contribution in [2.45, 2.75) is 12.8 Å². The van der Waals surface area contributed by atoms with Gasteiger partial charge in [0, 0.05) is 58.6 Å². The predicted octanol–water partition coefficient (Wildman–Crippen LogP) is 5.84. The summed E-state index contributed by atoms with van der Waals surface area (Å²) in [7, 11) is 2.88. The molecule has 2 aromatic carbocycles. The molecule has 2 rings (SSSR count). The number of likely N-dealkylation sites (N-methyl/N-ethyl adjacent to an activating group) is 1. The zero-order valence-electron chi connectivity index (χ0n) is 21.2. The number of rotatable bonds is 12. The quantitative estimate of drug-likeness (QED) is 0.0717. The summed E-state index contributed by atoms with van der Waals surface area (Å²) in [5.74, 6) is -1.57. The van der Waals surface area contributed by atoms with Crippen molar-refractivity contribution < 1.29 is 32.1 Å². The number of hydrogen-bond acceptors (Lipinski definition) is 5. The van der Waals surface area contributed by atoms with Crippen molar-refractivity contribution in [2.75, 3.05) is 45.7 Å². The molecule has 0 aliphatic rings. The van der Waals surface area contributed by atoms with Gasteiger partial charge in [-0.15, -0.1) is 12.3 Å². The van der Waals surface area contributed by atoms with Crippen LogP contribution in [0.4, 0.5) is 29.3 Å². The van der Waals surface area contributed by atoms with E-state index < -0.39 is 39.8 Å². The molecule has 0 saturated heterocycles. The molecule has 39 heavy (non-hydrogen) atoms. The molecule has 2 N–H and O–H groups in total. The molecular formula is C26H27BrF3IN4O4. The number of nitrogens with one attached hydrogen (secondary N) is 2. The van der Waals surface area contributed by atoms with Crippen LogP contribution < -0.4 is 10.6 Å². The molecule has 1 atom stereocenters. The fourth-order valence-corrected chi connectivity index (χ4v) is 3.95. The number of nitrogens with zero attached hydrogens (tertiary/aromatic N) is 2. The summed E-state index contributed by atoms with van der Waals surface area (Å²) in [5, 5.41) is 17.5. The number of hydroxylamine groups is 3. The summed E-state index contributed by atoms with van der Waals surface area (Å²) in [5.41, 5.74) is -0.922. The molecule has 0 radical (unpaired) electrons. The number of unbranched alkanes of at least 4 members (excludes halogenated alkanes) is 1. The van der Waals surface area contributed by atoms with Crippen LogP contribution in [0.5, 0.6) is 0 Å².